The quantitative estimate of drug-likeness (QED) is 0.0506. The van der Waals surface area contributed by atoms with E-state index in [0.29, 0.717) is 5.56 Å². The van der Waals surface area contributed by atoms with Crippen LogP contribution in [0.5, 0.6) is 0 Å². The van der Waals surface area contributed by atoms with Crippen LogP contribution in [0, 0.1) is 11.8 Å². The Morgan fingerprint density at radius 3 is 1.74 bits per heavy atom. The summed E-state index contributed by atoms with van der Waals surface area (Å²) in [5, 5.41) is 28.6. The smallest absolute Gasteiger partial charge is 0.326 e. The van der Waals surface area contributed by atoms with Gasteiger partial charge in [0.15, 0.2) is 0 Å². The lowest BCUT2D eigenvalue weighted by atomic mass is 10.0. The van der Waals surface area contributed by atoms with Crippen LogP contribution < -0.4 is 48.3 Å². The maximum atomic E-state index is 13.4. The van der Waals surface area contributed by atoms with Gasteiger partial charge in [-0.2, -0.15) is 0 Å². The Kier molecular flexibility index (Phi) is 20.7. The number of primary amides is 1. The van der Waals surface area contributed by atoms with Gasteiger partial charge < -0.3 is 53.4 Å². The van der Waals surface area contributed by atoms with Crippen LogP contribution in [0.3, 0.4) is 0 Å². The van der Waals surface area contributed by atoms with Gasteiger partial charge in [-0.1, -0.05) is 58.0 Å². The van der Waals surface area contributed by atoms with Crippen molar-refractivity contribution >= 4 is 59.1 Å². The van der Waals surface area contributed by atoms with E-state index in [4.69, 9.17) is 5.73 Å². The zero-order valence-electron chi connectivity index (χ0n) is 33.1. The molecule has 314 valence electrons. The first-order valence-corrected chi connectivity index (χ1v) is 18.2. The molecule has 0 unspecified atom stereocenters. The van der Waals surface area contributed by atoms with E-state index in [1.165, 1.54) is 20.8 Å². The third-order valence-electron chi connectivity index (χ3n) is 8.03. The molecule has 1 rings (SSSR count). The van der Waals surface area contributed by atoms with Crippen molar-refractivity contribution in [3.63, 3.8) is 0 Å². The Labute approximate surface area is 330 Å². The minimum absolute atomic E-state index is 0.0121. The third-order valence-corrected chi connectivity index (χ3v) is 8.03. The SMILES string of the molecule is CC(=O)NC[C@H](NC(=O)/C=C/C(=O)N[C@@H](C)C(=O)NCC(=O)N[C@@H](Cc1ccccc1)C(=O)O)C(=O)N[C@@H](CC(C)C)C(=O)N[C@@H](C)C(=O)N[C@H](C(N)=O)C(C)C. The molecule has 0 aromatic heterocycles. The monoisotopic (exact) mass is 801 g/mol. The van der Waals surface area contributed by atoms with Gasteiger partial charge in [0.1, 0.15) is 36.3 Å². The molecule has 1 aromatic rings. The number of nitrogens with one attached hydrogen (secondary N) is 8. The Hall–Kier alpha value is -6.34. The molecule has 0 saturated carbocycles. The van der Waals surface area contributed by atoms with Gasteiger partial charge in [-0.25, -0.2) is 4.79 Å². The summed E-state index contributed by atoms with van der Waals surface area (Å²) in [6, 6.07) is 1.39. The summed E-state index contributed by atoms with van der Waals surface area (Å²) in [7, 11) is 0. The van der Waals surface area contributed by atoms with E-state index in [0.717, 1.165) is 12.2 Å². The summed E-state index contributed by atoms with van der Waals surface area (Å²) >= 11 is 0. The normalized spacial score (nSPS) is 14.1. The lowest BCUT2D eigenvalue weighted by Crippen LogP contribution is -2.59. The first kappa shape index (κ1) is 48.7. The lowest BCUT2D eigenvalue weighted by Gasteiger charge is -2.26. The summed E-state index contributed by atoms with van der Waals surface area (Å²) in [6.45, 7) is 9.77. The van der Waals surface area contributed by atoms with Crippen molar-refractivity contribution in [1.29, 1.82) is 0 Å². The van der Waals surface area contributed by atoms with Crippen molar-refractivity contribution in [2.45, 2.75) is 97.6 Å². The number of carbonyl (C=O) groups excluding carboxylic acids is 9. The molecule has 9 amide bonds. The first-order chi connectivity index (χ1) is 26.6. The second-order valence-electron chi connectivity index (χ2n) is 14.0. The van der Waals surface area contributed by atoms with E-state index in [9.17, 15) is 53.1 Å². The number of rotatable bonds is 23. The maximum absolute atomic E-state index is 13.4. The minimum Gasteiger partial charge on any atom is -0.480 e. The maximum Gasteiger partial charge on any atom is 0.326 e. The predicted molar refractivity (Wildman–Crippen MR) is 205 cm³/mol. The summed E-state index contributed by atoms with van der Waals surface area (Å²) in [5.41, 5.74) is 6.03. The fourth-order valence-electron chi connectivity index (χ4n) is 4.97. The molecule has 20 nitrogen and oxygen atoms in total. The fraction of sp³-hybridized carbons (Fsp3) is 0.514. The molecule has 0 bridgehead atoms. The Balaban J connectivity index is 2.85. The number of amides is 9. The van der Waals surface area contributed by atoms with Gasteiger partial charge >= 0.3 is 5.97 Å². The van der Waals surface area contributed by atoms with Crippen LogP contribution in [0.4, 0.5) is 0 Å². The molecule has 1 aromatic carbocycles. The van der Waals surface area contributed by atoms with Crippen LogP contribution in [0.2, 0.25) is 0 Å². The molecule has 6 atom stereocenters. The summed E-state index contributed by atoms with van der Waals surface area (Å²) in [4.78, 5) is 124. The molecule has 20 heteroatoms. The molecule has 0 spiro atoms. The van der Waals surface area contributed by atoms with Gasteiger partial charge in [-0.15, -0.1) is 0 Å². The molecular weight excluding hydrogens is 746 g/mol. The number of hydrogen-bond donors (Lipinski definition) is 10. The molecule has 0 fully saturated rings. The zero-order chi connectivity index (χ0) is 43.4. The van der Waals surface area contributed by atoms with Crippen molar-refractivity contribution < 1.29 is 53.1 Å². The second-order valence-corrected chi connectivity index (χ2v) is 14.0. The predicted octanol–water partition coefficient (Wildman–Crippen LogP) is -2.74. The summed E-state index contributed by atoms with van der Waals surface area (Å²) in [5.74, 6) is -8.78. The number of hydrogen-bond acceptors (Lipinski definition) is 10. The highest BCUT2D eigenvalue weighted by molar-refractivity contribution is 6.01. The highest BCUT2D eigenvalue weighted by Gasteiger charge is 2.31. The number of nitrogens with two attached hydrogens (primary N) is 1. The molecule has 11 N–H and O–H groups in total. The van der Waals surface area contributed by atoms with Gasteiger partial charge in [0.2, 0.25) is 53.2 Å². The molecule has 0 heterocycles. The third kappa shape index (κ3) is 19.2. The average molecular weight is 802 g/mol. The van der Waals surface area contributed by atoms with E-state index in [-0.39, 0.29) is 24.7 Å². The van der Waals surface area contributed by atoms with Crippen LogP contribution in [-0.4, -0.2) is 114 Å². The van der Waals surface area contributed by atoms with Crippen LogP contribution in [0.1, 0.15) is 60.5 Å². The van der Waals surface area contributed by atoms with E-state index in [1.807, 2.05) is 0 Å². The molecule has 0 aliphatic heterocycles. The molecule has 0 saturated heterocycles. The largest absolute Gasteiger partial charge is 0.480 e. The molecule has 57 heavy (non-hydrogen) atoms. The number of carboxylic acids is 1. The molecule has 0 radical (unpaired) electrons. The Morgan fingerprint density at radius 1 is 0.649 bits per heavy atom. The van der Waals surface area contributed by atoms with E-state index in [2.05, 4.69) is 42.5 Å². The van der Waals surface area contributed by atoms with Gasteiger partial charge in [-0.3, -0.25) is 43.2 Å². The number of aliphatic carboxylic acids is 1. The van der Waals surface area contributed by atoms with Crippen molar-refractivity contribution in [3.8, 4) is 0 Å². The summed E-state index contributed by atoms with van der Waals surface area (Å²) < 4.78 is 0. The van der Waals surface area contributed by atoms with Crippen molar-refractivity contribution in [2.75, 3.05) is 13.1 Å². The van der Waals surface area contributed by atoms with Gasteiger partial charge in [-0.05, 0) is 37.7 Å². The highest BCUT2D eigenvalue weighted by Crippen LogP contribution is 2.07. The molecule has 0 aliphatic carbocycles. The van der Waals surface area contributed by atoms with Crippen LogP contribution in [-0.2, 0) is 54.4 Å². The number of carboxylic acid groups (broad SMARTS) is 1. The number of benzene rings is 1. The first-order valence-electron chi connectivity index (χ1n) is 18.2. The van der Waals surface area contributed by atoms with Crippen molar-refractivity contribution in [1.82, 2.24) is 42.5 Å². The molecule has 0 aliphatic rings. The second kappa shape index (κ2) is 24.2. The van der Waals surface area contributed by atoms with Crippen LogP contribution >= 0.6 is 0 Å². The van der Waals surface area contributed by atoms with Gasteiger partial charge in [0, 0.05) is 32.0 Å². The number of carbonyl (C=O) groups is 10. The lowest BCUT2D eigenvalue weighted by molar-refractivity contribution is -0.141. The van der Waals surface area contributed by atoms with Crippen molar-refractivity contribution in [3.05, 3.63) is 48.0 Å². The van der Waals surface area contributed by atoms with E-state index in [1.54, 1.807) is 58.0 Å². The van der Waals surface area contributed by atoms with E-state index >= 15 is 0 Å². The Bertz CT molecular complexity index is 1650. The molecular formula is C37H55N9O11. The van der Waals surface area contributed by atoms with E-state index < -0.39 is 108 Å². The van der Waals surface area contributed by atoms with Crippen molar-refractivity contribution in [2.24, 2.45) is 17.6 Å². The summed E-state index contributed by atoms with van der Waals surface area (Å²) in [6.07, 6.45) is 1.65. The van der Waals surface area contributed by atoms with Crippen LogP contribution in [0.25, 0.3) is 0 Å². The topological polar surface area (TPSA) is 313 Å². The van der Waals surface area contributed by atoms with Crippen LogP contribution in [0.15, 0.2) is 42.5 Å². The minimum atomic E-state index is -1.44. The van der Waals surface area contributed by atoms with Gasteiger partial charge in [0.05, 0.1) is 6.54 Å². The van der Waals surface area contributed by atoms with Gasteiger partial charge in [0.25, 0.3) is 0 Å². The standard InChI is InChI=1S/C37H55N9O11/c1-19(2)15-25(35(54)42-22(6)34(53)46-31(20(3)4)32(38)51)45-36(55)27(17-39-23(7)47)44-29(49)14-13-28(48)41-21(5)33(52)40-18-30(50)43-26(37(56)57)16-24-11-9-8-10-12-24/h8-14,19-22,25-27,31H,15-18H2,1-7H3,(H2,38,51)(H,39,47)(H,40,52)(H,41,48)(H,42,54)(H,43,50)(H,44,49)(H,45,55)(H,46,53)(H,56,57)/b14-13+/t21-,22-,25-,26-,27-,31-/m0/s1. The Morgan fingerprint density at radius 2 is 1.21 bits per heavy atom. The zero-order valence-corrected chi connectivity index (χ0v) is 33.1. The fourth-order valence-corrected chi connectivity index (χ4v) is 4.97. The highest BCUT2D eigenvalue weighted by atomic mass is 16.4. The average Bonchev–Trinajstić information content (AvgIpc) is 3.12.